The SMILES string of the molecule is COc1nc(N)nc2c1ncn2C1OC(COP2(=O)NC(C(=O)OC(C)c3ccccc3)CCS2)C(O)C1(C)O. The first-order valence-electron chi connectivity index (χ1n) is 12.5. The molecule has 0 spiro atoms. The van der Waals surface area contributed by atoms with Crippen LogP contribution in [0.15, 0.2) is 36.7 Å². The summed E-state index contributed by atoms with van der Waals surface area (Å²) in [7, 11) is 1.41. The van der Waals surface area contributed by atoms with Crippen LogP contribution < -0.4 is 15.6 Å². The molecule has 0 bridgehead atoms. The number of ether oxygens (including phenoxy) is 3. The van der Waals surface area contributed by atoms with Crippen molar-refractivity contribution in [2.75, 3.05) is 25.2 Å². The second-order valence-electron chi connectivity index (χ2n) is 9.70. The van der Waals surface area contributed by atoms with E-state index in [-0.39, 0.29) is 29.6 Å². The van der Waals surface area contributed by atoms with Gasteiger partial charge < -0.3 is 34.7 Å². The largest absolute Gasteiger partial charge is 0.479 e. The number of carbonyl (C=O) groups excluding carboxylic acids is 1. The first kappa shape index (κ1) is 28.7. The molecule has 16 heteroatoms. The number of nitrogens with one attached hydrogen (secondary N) is 1. The van der Waals surface area contributed by atoms with Gasteiger partial charge in [0.15, 0.2) is 17.4 Å². The van der Waals surface area contributed by atoms with Crippen molar-refractivity contribution in [1.82, 2.24) is 24.6 Å². The van der Waals surface area contributed by atoms with Crippen LogP contribution >= 0.6 is 18.1 Å². The fourth-order valence-electron chi connectivity index (χ4n) is 4.65. The van der Waals surface area contributed by atoms with Crippen LogP contribution in [0, 0.1) is 0 Å². The maximum Gasteiger partial charge on any atom is 0.327 e. The molecule has 7 unspecified atom stereocenters. The van der Waals surface area contributed by atoms with E-state index in [2.05, 4.69) is 20.0 Å². The Labute approximate surface area is 233 Å². The number of esters is 1. The molecule has 0 amide bonds. The van der Waals surface area contributed by atoms with Crippen LogP contribution in [0.4, 0.5) is 5.95 Å². The molecule has 2 fully saturated rings. The number of aliphatic hydroxyl groups is 2. The normalized spacial score (nSPS) is 31.2. The van der Waals surface area contributed by atoms with Gasteiger partial charge in [0, 0.05) is 5.75 Å². The minimum absolute atomic E-state index is 0.0751. The van der Waals surface area contributed by atoms with Gasteiger partial charge in [0.2, 0.25) is 11.8 Å². The lowest BCUT2D eigenvalue weighted by Crippen LogP contribution is -2.44. The predicted molar refractivity (Wildman–Crippen MR) is 145 cm³/mol. The summed E-state index contributed by atoms with van der Waals surface area (Å²) in [6.45, 7) is -0.748. The van der Waals surface area contributed by atoms with Gasteiger partial charge in [-0.25, -0.2) is 10.1 Å². The highest BCUT2D eigenvalue weighted by Crippen LogP contribution is 2.59. The van der Waals surface area contributed by atoms with Crippen molar-refractivity contribution in [3.8, 4) is 5.88 Å². The van der Waals surface area contributed by atoms with E-state index in [4.69, 9.17) is 24.5 Å². The fraction of sp³-hybridized carbons (Fsp3) is 0.500. The third-order valence-corrected chi connectivity index (χ3v) is 10.9. The number of benzene rings is 1. The Morgan fingerprint density at radius 1 is 1.38 bits per heavy atom. The molecule has 2 aliphatic rings. The summed E-state index contributed by atoms with van der Waals surface area (Å²) in [6, 6.07) is 8.46. The van der Waals surface area contributed by atoms with E-state index in [9.17, 15) is 19.6 Å². The predicted octanol–water partition coefficient (Wildman–Crippen LogP) is 1.95. The highest BCUT2D eigenvalue weighted by atomic mass is 32.7. The van der Waals surface area contributed by atoms with E-state index >= 15 is 0 Å². The zero-order valence-electron chi connectivity index (χ0n) is 22.0. The van der Waals surface area contributed by atoms with Gasteiger partial charge in [-0.2, -0.15) is 9.97 Å². The molecular formula is C24H31N6O8PS. The Kier molecular flexibility index (Phi) is 8.08. The number of carbonyl (C=O) groups is 1. The van der Waals surface area contributed by atoms with Crippen LogP contribution in [0.3, 0.4) is 0 Å². The summed E-state index contributed by atoms with van der Waals surface area (Å²) in [5, 5.41) is 24.9. The van der Waals surface area contributed by atoms with Gasteiger partial charge >= 0.3 is 12.7 Å². The number of methoxy groups -OCH3 is 1. The molecule has 1 aromatic carbocycles. The molecule has 3 aromatic rings. The molecular weight excluding hydrogens is 563 g/mol. The van der Waals surface area contributed by atoms with Crippen LogP contribution in [0.1, 0.15) is 38.2 Å². The molecule has 2 aromatic heterocycles. The zero-order valence-corrected chi connectivity index (χ0v) is 23.7. The Hall–Kier alpha value is -2.78. The van der Waals surface area contributed by atoms with Crippen LogP contribution in [0.25, 0.3) is 11.2 Å². The molecule has 14 nitrogen and oxygen atoms in total. The molecule has 0 radical (unpaired) electrons. The minimum Gasteiger partial charge on any atom is -0.479 e. The average molecular weight is 595 g/mol. The van der Waals surface area contributed by atoms with Crippen LogP contribution in [-0.2, 0) is 23.4 Å². The highest BCUT2D eigenvalue weighted by molar-refractivity contribution is 8.56. The summed E-state index contributed by atoms with van der Waals surface area (Å²) in [4.78, 5) is 25.2. The second kappa shape index (κ2) is 11.2. The Morgan fingerprint density at radius 3 is 2.85 bits per heavy atom. The van der Waals surface area contributed by atoms with E-state index in [1.54, 1.807) is 6.92 Å². The second-order valence-corrected chi connectivity index (χ2v) is 14.1. The number of rotatable bonds is 8. The molecule has 216 valence electrons. The molecule has 0 aliphatic carbocycles. The maximum atomic E-state index is 13.5. The minimum atomic E-state index is -3.58. The monoisotopic (exact) mass is 594 g/mol. The summed E-state index contributed by atoms with van der Waals surface area (Å²) in [5.41, 5.74) is 5.34. The van der Waals surface area contributed by atoms with E-state index in [1.165, 1.54) is 24.9 Å². The van der Waals surface area contributed by atoms with Gasteiger partial charge in [0.05, 0.1) is 20.0 Å². The van der Waals surface area contributed by atoms with Crippen molar-refractivity contribution in [1.29, 1.82) is 0 Å². The lowest BCUT2D eigenvalue weighted by molar-refractivity contribution is -0.150. The van der Waals surface area contributed by atoms with Gasteiger partial charge in [-0.15, -0.1) is 0 Å². The maximum absolute atomic E-state index is 13.5. The molecule has 7 atom stereocenters. The van der Waals surface area contributed by atoms with Gasteiger partial charge in [-0.1, -0.05) is 41.7 Å². The number of hydrogen-bond donors (Lipinski definition) is 4. The van der Waals surface area contributed by atoms with Crippen LogP contribution in [0.2, 0.25) is 0 Å². The van der Waals surface area contributed by atoms with Gasteiger partial charge in [0.25, 0.3) is 0 Å². The summed E-state index contributed by atoms with van der Waals surface area (Å²) < 4.78 is 37.4. The lowest BCUT2D eigenvalue weighted by Gasteiger charge is -2.30. The molecule has 0 saturated carbocycles. The summed E-state index contributed by atoms with van der Waals surface area (Å²) in [6.07, 6.45) is -2.35. The smallest absolute Gasteiger partial charge is 0.327 e. The fourth-order valence-corrected chi connectivity index (χ4v) is 8.46. The van der Waals surface area contributed by atoms with Crippen molar-refractivity contribution >= 4 is 41.2 Å². The van der Waals surface area contributed by atoms with E-state index in [0.29, 0.717) is 12.2 Å². The van der Waals surface area contributed by atoms with Crippen molar-refractivity contribution in [3.05, 3.63) is 42.2 Å². The number of nitrogen functional groups attached to an aromatic ring is 1. The third kappa shape index (κ3) is 5.55. The highest BCUT2D eigenvalue weighted by Gasteiger charge is 2.54. The van der Waals surface area contributed by atoms with Crippen LogP contribution in [-0.4, -0.2) is 79.0 Å². The Morgan fingerprint density at radius 2 is 2.12 bits per heavy atom. The Bertz CT molecular complexity index is 1430. The first-order valence-corrected chi connectivity index (χ1v) is 15.8. The third-order valence-electron chi connectivity index (χ3n) is 6.84. The number of anilines is 1. The molecule has 2 aliphatic heterocycles. The van der Waals surface area contributed by atoms with Gasteiger partial charge in [-0.3, -0.25) is 13.9 Å². The number of hydrogen-bond acceptors (Lipinski definition) is 13. The van der Waals surface area contributed by atoms with E-state index in [0.717, 1.165) is 16.9 Å². The number of nitrogens with two attached hydrogens (primary N) is 1. The van der Waals surface area contributed by atoms with Crippen molar-refractivity contribution in [3.63, 3.8) is 0 Å². The molecule has 5 N–H and O–H groups in total. The standard InChI is InChI=1S/C24H31N6O8PS/c1-13(14-7-5-4-6-8-14)37-21(32)15-9-10-40-39(34,29-15)36-11-16-18(31)24(2,33)22(38-16)30-12-26-17-19(30)27-23(25)28-20(17)35-3/h4-8,12-13,15-16,18,22,31,33H,9-11H2,1-3H3,(H,29,34)(H2,25,27,28). The number of nitrogens with zero attached hydrogens (tertiary/aromatic N) is 4. The first-order chi connectivity index (χ1) is 19.0. The van der Waals surface area contributed by atoms with Crippen molar-refractivity contribution in [2.45, 2.75) is 56.5 Å². The van der Waals surface area contributed by atoms with Crippen molar-refractivity contribution in [2.24, 2.45) is 0 Å². The topological polar surface area (TPSA) is 193 Å². The lowest BCUT2D eigenvalue weighted by atomic mass is 9.96. The number of aliphatic hydroxyl groups excluding tert-OH is 1. The Balaban J connectivity index is 1.25. The summed E-state index contributed by atoms with van der Waals surface area (Å²) in [5.74, 6) is -0.0791. The van der Waals surface area contributed by atoms with E-state index < -0.39 is 48.9 Å². The molecule has 2 saturated heterocycles. The van der Waals surface area contributed by atoms with Crippen molar-refractivity contribution < 1.29 is 38.3 Å². The zero-order chi connectivity index (χ0) is 28.7. The molecule has 5 rings (SSSR count). The quantitative estimate of drug-likeness (QED) is 0.218. The number of aromatic nitrogens is 4. The number of imidazole rings is 1. The number of fused-ring (bicyclic) bond motifs is 1. The molecule has 4 heterocycles. The van der Waals surface area contributed by atoms with E-state index in [1.807, 2.05) is 30.3 Å². The average Bonchev–Trinajstić information content (AvgIpc) is 3.45. The van der Waals surface area contributed by atoms with Gasteiger partial charge in [-0.05, 0) is 25.8 Å². The van der Waals surface area contributed by atoms with Crippen LogP contribution in [0.5, 0.6) is 5.88 Å². The molecule has 40 heavy (non-hydrogen) atoms. The summed E-state index contributed by atoms with van der Waals surface area (Å²) >= 11 is 1.05. The van der Waals surface area contributed by atoms with Gasteiger partial charge in [0.1, 0.15) is 30.0 Å².